The van der Waals surface area contributed by atoms with E-state index in [0.717, 1.165) is 12.4 Å². The lowest BCUT2D eigenvalue weighted by atomic mass is 9.92. The lowest BCUT2D eigenvalue weighted by Crippen LogP contribution is -2.60. The van der Waals surface area contributed by atoms with Crippen LogP contribution in [0.25, 0.3) is 0 Å². The van der Waals surface area contributed by atoms with Gasteiger partial charge in [-0.2, -0.15) is 0 Å². The van der Waals surface area contributed by atoms with Gasteiger partial charge in [0.1, 0.15) is 5.37 Å². The normalized spacial score (nSPS) is 32.1. The van der Waals surface area contributed by atoms with E-state index in [-0.39, 0.29) is 22.2 Å². The summed E-state index contributed by atoms with van der Waals surface area (Å²) in [4.78, 5) is 29.2. The highest BCUT2D eigenvalue weighted by atomic mass is 32.2. The van der Waals surface area contributed by atoms with Crippen LogP contribution >= 0.6 is 23.5 Å². The molecule has 22 heavy (non-hydrogen) atoms. The van der Waals surface area contributed by atoms with Gasteiger partial charge in [0, 0.05) is 11.8 Å². The minimum Gasteiger partial charge on any atom is -0.477 e. The van der Waals surface area contributed by atoms with Crippen molar-refractivity contribution < 1.29 is 19.8 Å². The highest BCUT2D eigenvalue weighted by Gasteiger charge is 2.57. The Balaban J connectivity index is 1.78. The number of carboxylic acids is 1. The molecule has 1 amide bonds. The zero-order valence-corrected chi connectivity index (χ0v) is 13.8. The van der Waals surface area contributed by atoms with Crippen molar-refractivity contribution in [2.45, 2.75) is 30.6 Å². The second kappa shape index (κ2) is 5.78. The molecular weight excluding hydrogens is 326 g/mol. The summed E-state index contributed by atoms with van der Waals surface area (Å²) in [7, 11) is 0. The van der Waals surface area contributed by atoms with Gasteiger partial charge in [-0.1, -0.05) is 11.8 Å². The number of hydrogen-bond donors (Lipinski definition) is 3. The van der Waals surface area contributed by atoms with E-state index >= 15 is 0 Å². The van der Waals surface area contributed by atoms with Crippen molar-refractivity contribution in [1.82, 2.24) is 10.2 Å². The molecule has 3 unspecified atom stereocenters. The van der Waals surface area contributed by atoms with E-state index in [1.54, 1.807) is 6.92 Å². The smallest absolute Gasteiger partial charge is 0.354 e. The van der Waals surface area contributed by atoms with Gasteiger partial charge < -0.3 is 15.5 Å². The summed E-state index contributed by atoms with van der Waals surface area (Å²) < 4.78 is 0.635. The molecule has 9 heteroatoms. The van der Waals surface area contributed by atoms with Crippen molar-refractivity contribution in [2.75, 3.05) is 13.1 Å². The Bertz CT molecular complexity index is 590. The number of rotatable bonds is 4. The van der Waals surface area contributed by atoms with E-state index in [9.17, 15) is 19.8 Å². The van der Waals surface area contributed by atoms with E-state index < -0.39 is 18.0 Å². The molecule has 3 rings (SSSR count). The fourth-order valence-electron chi connectivity index (χ4n) is 2.68. The molecular formula is C13H17N3O4S2. The van der Waals surface area contributed by atoms with Gasteiger partial charge >= 0.3 is 5.97 Å². The maximum Gasteiger partial charge on any atom is 0.354 e. The van der Waals surface area contributed by atoms with E-state index in [1.165, 1.54) is 28.4 Å². The fourth-order valence-corrected chi connectivity index (χ4v) is 5.85. The number of aliphatic imine (C=N–C) groups is 1. The Morgan fingerprint density at radius 3 is 2.86 bits per heavy atom. The van der Waals surface area contributed by atoms with Crippen molar-refractivity contribution in [3.63, 3.8) is 0 Å². The van der Waals surface area contributed by atoms with Gasteiger partial charge in [-0.25, -0.2) is 4.79 Å². The molecule has 3 N–H and O–H groups in total. The minimum absolute atomic E-state index is 0.0492. The van der Waals surface area contributed by atoms with Crippen LogP contribution in [0, 0.1) is 5.92 Å². The summed E-state index contributed by atoms with van der Waals surface area (Å²) in [6.07, 6.45) is -0.774. The molecule has 3 heterocycles. The molecule has 7 nitrogen and oxygen atoms in total. The molecule has 0 aromatic rings. The third-order valence-electron chi connectivity index (χ3n) is 3.86. The zero-order valence-electron chi connectivity index (χ0n) is 12.1. The number of carbonyl (C=O) groups excluding carboxylic acids is 1. The van der Waals surface area contributed by atoms with Crippen molar-refractivity contribution in [3.05, 3.63) is 9.93 Å². The van der Waals surface area contributed by atoms with Crippen LogP contribution in [0.1, 0.15) is 13.8 Å². The number of amidine groups is 1. The number of aliphatic hydroxyl groups excluding tert-OH is 1. The predicted octanol–water partition coefficient (Wildman–Crippen LogP) is 0.276. The number of β-lactam (4-membered cyclic amide) rings is 1. The molecule has 1 fully saturated rings. The summed E-state index contributed by atoms with van der Waals surface area (Å²) in [5.41, 5.74) is 0.0492. The van der Waals surface area contributed by atoms with E-state index in [4.69, 9.17) is 0 Å². The van der Waals surface area contributed by atoms with Gasteiger partial charge in [0.2, 0.25) is 5.91 Å². The van der Waals surface area contributed by atoms with Crippen LogP contribution in [0.15, 0.2) is 14.9 Å². The monoisotopic (exact) mass is 343 g/mol. The lowest BCUT2D eigenvalue weighted by Gasteiger charge is -2.43. The molecule has 0 saturated carbocycles. The number of aliphatic hydroxyl groups is 1. The molecule has 3 aliphatic rings. The summed E-state index contributed by atoms with van der Waals surface area (Å²) in [5.74, 6) is -1.05. The fraction of sp³-hybridized carbons (Fsp3) is 0.615. The van der Waals surface area contributed by atoms with Crippen LogP contribution < -0.4 is 5.32 Å². The highest BCUT2D eigenvalue weighted by Crippen LogP contribution is 2.54. The topological polar surface area (TPSA) is 102 Å². The lowest BCUT2D eigenvalue weighted by molar-refractivity contribution is -0.156. The summed E-state index contributed by atoms with van der Waals surface area (Å²) in [6, 6.07) is 0. The SMILES string of the molecule is CC1=NCC(SC2=C(C(=O)O)N3C(=O)C(C(C)O)[C@H]3S2)CN1. The van der Waals surface area contributed by atoms with Crippen LogP contribution in [0.3, 0.4) is 0 Å². The van der Waals surface area contributed by atoms with Crippen molar-refractivity contribution in [3.8, 4) is 0 Å². The summed E-state index contributed by atoms with van der Waals surface area (Å²) >= 11 is 2.81. The van der Waals surface area contributed by atoms with Gasteiger partial charge in [0.05, 0.1) is 28.6 Å². The Hall–Kier alpha value is -1.19. The number of thioether (sulfide) groups is 2. The maximum atomic E-state index is 12.1. The number of amides is 1. The van der Waals surface area contributed by atoms with Crippen LogP contribution in [-0.2, 0) is 9.59 Å². The Morgan fingerprint density at radius 1 is 1.59 bits per heavy atom. The molecule has 3 aliphatic heterocycles. The number of aliphatic carboxylic acids is 1. The van der Waals surface area contributed by atoms with Gasteiger partial charge in [-0.3, -0.25) is 14.7 Å². The van der Waals surface area contributed by atoms with Crippen LogP contribution in [0.4, 0.5) is 0 Å². The van der Waals surface area contributed by atoms with Crippen molar-refractivity contribution >= 4 is 41.2 Å². The van der Waals surface area contributed by atoms with Gasteiger partial charge in [0.25, 0.3) is 0 Å². The number of fused-ring (bicyclic) bond motifs is 1. The second-order valence-corrected chi connectivity index (χ2v) is 8.17. The first-order chi connectivity index (χ1) is 10.4. The predicted molar refractivity (Wildman–Crippen MR) is 85.4 cm³/mol. The Labute approximate surface area is 136 Å². The molecule has 0 aromatic heterocycles. The van der Waals surface area contributed by atoms with Gasteiger partial charge in [-0.05, 0) is 13.8 Å². The van der Waals surface area contributed by atoms with Crippen molar-refractivity contribution in [2.24, 2.45) is 10.9 Å². The Kier molecular flexibility index (Phi) is 4.13. The first kappa shape index (κ1) is 15.7. The van der Waals surface area contributed by atoms with Crippen LogP contribution in [0.2, 0.25) is 0 Å². The molecule has 1 saturated heterocycles. The minimum atomic E-state index is -1.10. The molecule has 0 radical (unpaired) electrons. The quantitative estimate of drug-likeness (QED) is 0.630. The molecule has 0 bridgehead atoms. The number of nitrogens with zero attached hydrogens (tertiary/aromatic N) is 2. The van der Waals surface area contributed by atoms with Crippen molar-refractivity contribution in [1.29, 1.82) is 0 Å². The first-order valence-electron chi connectivity index (χ1n) is 6.97. The molecule has 120 valence electrons. The van der Waals surface area contributed by atoms with Crippen LogP contribution in [0.5, 0.6) is 0 Å². The zero-order chi connectivity index (χ0) is 16.0. The third-order valence-corrected chi connectivity index (χ3v) is 6.65. The molecule has 0 aromatic carbocycles. The molecule has 0 spiro atoms. The van der Waals surface area contributed by atoms with E-state index in [0.29, 0.717) is 10.8 Å². The van der Waals surface area contributed by atoms with Crippen LogP contribution in [-0.4, -0.2) is 62.6 Å². The second-order valence-electron chi connectivity index (χ2n) is 5.47. The maximum absolute atomic E-state index is 12.1. The van der Waals surface area contributed by atoms with Gasteiger partial charge in [0.15, 0.2) is 5.70 Å². The van der Waals surface area contributed by atoms with E-state index in [2.05, 4.69) is 10.3 Å². The largest absolute Gasteiger partial charge is 0.477 e. The number of hydrogen-bond acceptors (Lipinski definition) is 7. The first-order valence-corrected chi connectivity index (χ1v) is 8.73. The third kappa shape index (κ3) is 2.50. The average Bonchev–Trinajstić information content (AvgIpc) is 2.75. The summed E-state index contributed by atoms with van der Waals surface area (Å²) in [5, 5.41) is 22.1. The standard InChI is InChI=1S/C13H17N3O4S2/c1-5(17)8-10(18)16-9(12(19)20)13(22-11(8)16)21-7-3-14-6(2)15-4-7/h5,7-8,11,17H,3-4H2,1-2H3,(H,14,15)(H,19,20)/t5?,8?,11-/m1/s1. The van der Waals surface area contributed by atoms with E-state index in [1.807, 2.05) is 6.92 Å². The Morgan fingerprint density at radius 2 is 2.32 bits per heavy atom. The van der Waals surface area contributed by atoms with Gasteiger partial charge in [-0.15, -0.1) is 11.8 Å². The average molecular weight is 343 g/mol. The summed E-state index contributed by atoms with van der Waals surface area (Å²) in [6.45, 7) is 4.80. The highest BCUT2D eigenvalue weighted by molar-refractivity contribution is 8.23. The molecule has 0 aliphatic carbocycles. The number of carbonyl (C=O) groups is 2. The number of carboxylic acid groups (broad SMARTS) is 1. The molecule has 4 atom stereocenters. The number of nitrogens with one attached hydrogen (secondary N) is 1.